The summed E-state index contributed by atoms with van der Waals surface area (Å²) in [6.45, 7) is 8.24. The van der Waals surface area contributed by atoms with Crippen molar-refractivity contribution in [3.05, 3.63) is 88.8 Å². The second-order valence-corrected chi connectivity index (χ2v) is 7.73. The minimum atomic E-state index is -0.359. The molecule has 158 valence electrons. The normalized spacial score (nSPS) is 11.3. The van der Waals surface area contributed by atoms with Crippen LogP contribution in [0.2, 0.25) is 0 Å². The number of aryl methyl sites for hydroxylation is 1. The summed E-state index contributed by atoms with van der Waals surface area (Å²) >= 11 is 0. The van der Waals surface area contributed by atoms with Gasteiger partial charge in [0.2, 0.25) is 0 Å². The molecule has 3 aromatic rings. The number of hydrogen-bond acceptors (Lipinski definition) is 3. The molecule has 0 saturated heterocycles. The highest BCUT2D eigenvalue weighted by molar-refractivity contribution is 6.02. The molecule has 0 aliphatic heterocycles. The van der Waals surface area contributed by atoms with Crippen LogP contribution in [0.3, 0.4) is 0 Å². The third-order valence-corrected chi connectivity index (χ3v) is 4.90. The Morgan fingerprint density at radius 3 is 2.42 bits per heavy atom. The number of aromatic nitrogens is 1. The number of ether oxygens (including phenoxy) is 1. The van der Waals surface area contributed by atoms with E-state index < -0.39 is 0 Å². The quantitative estimate of drug-likeness (QED) is 0.433. The number of nitriles is 1. The van der Waals surface area contributed by atoms with Crippen LogP contribution < -0.4 is 10.1 Å². The van der Waals surface area contributed by atoms with Crippen molar-refractivity contribution >= 4 is 12.0 Å². The van der Waals surface area contributed by atoms with Crippen molar-refractivity contribution in [2.75, 3.05) is 0 Å². The zero-order chi connectivity index (χ0) is 22.4. The van der Waals surface area contributed by atoms with E-state index in [9.17, 15) is 10.1 Å². The van der Waals surface area contributed by atoms with E-state index >= 15 is 0 Å². The second-order valence-electron chi connectivity index (χ2n) is 7.73. The number of nitrogens with zero attached hydrogens (tertiary/aromatic N) is 2. The molecule has 1 amide bonds. The lowest BCUT2D eigenvalue weighted by atomic mass is 10.1. The van der Waals surface area contributed by atoms with Crippen LogP contribution in [0.15, 0.2) is 66.2 Å². The van der Waals surface area contributed by atoms with Crippen LogP contribution in [-0.4, -0.2) is 16.5 Å². The van der Waals surface area contributed by atoms with Gasteiger partial charge < -0.3 is 14.6 Å². The smallest absolute Gasteiger partial charge is 0.262 e. The van der Waals surface area contributed by atoms with Gasteiger partial charge in [0.05, 0.1) is 0 Å². The van der Waals surface area contributed by atoms with Gasteiger partial charge in [0.1, 0.15) is 24.0 Å². The Hall–Kier alpha value is -3.78. The Morgan fingerprint density at radius 1 is 1.13 bits per heavy atom. The van der Waals surface area contributed by atoms with E-state index in [4.69, 9.17) is 4.74 Å². The monoisotopic (exact) mass is 413 g/mol. The molecule has 0 aliphatic carbocycles. The van der Waals surface area contributed by atoms with Crippen molar-refractivity contribution in [2.45, 2.75) is 40.3 Å². The maximum absolute atomic E-state index is 12.2. The Morgan fingerprint density at radius 2 is 1.81 bits per heavy atom. The van der Waals surface area contributed by atoms with E-state index in [0.717, 1.165) is 34.0 Å². The summed E-state index contributed by atoms with van der Waals surface area (Å²) in [5.74, 6) is 0.439. The number of rotatable bonds is 7. The average molecular weight is 414 g/mol. The maximum Gasteiger partial charge on any atom is 0.262 e. The van der Waals surface area contributed by atoms with Gasteiger partial charge in [0.15, 0.2) is 0 Å². The fraction of sp³-hybridized carbons (Fsp3) is 0.231. The van der Waals surface area contributed by atoms with Crippen molar-refractivity contribution < 1.29 is 9.53 Å². The molecule has 3 rings (SSSR count). The molecule has 0 spiro atoms. The molecule has 2 aromatic carbocycles. The molecule has 5 heteroatoms. The van der Waals surface area contributed by atoms with Crippen molar-refractivity contribution in [3.63, 3.8) is 0 Å². The summed E-state index contributed by atoms with van der Waals surface area (Å²) in [6.07, 6.45) is 1.65. The molecule has 1 aromatic heterocycles. The largest absolute Gasteiger partial charge is 0.489 e. The lowest BCUT2D eigenvalue weighted by Gasteiger charge is -2.12. The highest BCUT2D eigenvalue weighted by Gasteiger charge is 2.14. The van der Waals surface area contributed by atoms with Crippen LogP contribution in [-0.2, 0) is 11.4 Å². The Balaban J connectivity index is 1.80. The topological polar surface area (TPSA) is 67.0 Å². The Kier molecular flexibility index (Phi) is 6.94. The van der Waals surface area contributed by atoms with E-state index in [1.807, 2.05) is 94.4 Å². The van der Waals surface area contributed by atoms with E-state index in [1.165, 1.54) is 0 Å². The zero-order valence-corrected chi connectivity index (χ0v) is 18.3. The van der Waals surface area contributed by atoms with E-state index in [1.54, 1.807) is 6.08 Å². The molecule has 31 heavy (non-hydrogen) atoms. The summed E-state index contributed by atoms with van der Waals surface area (Å²) in [4.78, 5) is 12.2. The molecule has 0 fully saturated rings. The molecule has 1 N–H and O–H groups in total. The summed E-state index contributed by atoms with van der Waals surface area (Å²) < 4.78 is 7.97. The van der Waals surface area contributed by atoms with E-state index in [-0.39, 0.29) is 17.5 Å². The molecule has 0 bridgehead atoms. The van der Waals surface area contributed by atoms with Crippen LogP contribution in [0.25, 0.3) is 11.8 Å². The van der Waals surface area contributed by atoms with E-state index in [2.05, 4.69) is 9.88 Å². The number of nitrogens with one attached hydrogen (secondary N) is 1. The Bertz CT molecular complexity index is 1120. The Labute approximate surface area is 183 Å². The first kappa shape index (κ1) is 21.9. The van der Waals surface area contributed by atoms with Gasteiger partial charge in [0.25, 0.3) is 5.91 Å². The molecular formula is C26H27N3O2. The molecule has 0 atom stereocenters. The average Bonchev–Trinajstić information content (AvgIpc) is 3.04. The molecule has 0 radical (unpaired) electrons. The van der Waals surface area contributed by atoms with Crippen molar-refractivity contribution in [1.82, 2.24) is 9.88 Å². The summed E-state index contributed by atoms with van der Waals surface area (Å²) in [5.41, 5.74) is 5.03. The molecule has 5 nitrogen and oxygen atoms in total. The number of amides is 1. The van der Waals surface area contributed by atoms with Crippen LogP contribution in [0.5, 0.6) is 5.75 Å². The lowest BCUT2D eigenvalue weighted by molar-refractivity contribution is -0.117. The fourth-order valence-electron chi connectivity index (χ4n) is 3.41. The minimum Gasteiger partial charge on any atom is -0.489 e. The number of benzene rings is 2. The predicted molar refractivity (Wildman–Crippen MR) is 123 cm³/mol. The van der Waals surface area contributed by atoms with E-state index in [0.29, 0.717) is 6.61 Å². The lowest BCUT2D eigenvalue weighted by Crippen LogP contribution is -2.30. The highest BCUT2D eigenvalue weighted by atomic mass is 16.5. The zero-order valence-electron chi connectivity index (χ0n) is 18.3. The van der Waals surface area contributed by atoms with Crippen LogP contribution in [0, 0.1) is 25.2 Å². The summed E-state index contributed by atoms with van der Waals surface area (Å²) in [6, 6.07) is 21.9. The van der Waals surface area contributed by atoms with Crippen molar-refractivity contribution in [3.8, 4) is 17.5 Å². The number of carbonyl (C=O) groups excluding carboxylic acids is 1. The third-order valence-electron chi connectivity index (χ3n) is 4.90. The van der Waals surface area contributed by atoms with Crippen molar-refractivity contribution in [2.24, 2.45) is 0 Å². The van der Waals surface area contributed by atoms with Gasteiger partial charge in [0, 0.05) is 23.1 Å². The van der Waals surface area contributed by atoms with Crippen LogP contribution >= 0.6 is 0 Å². The van der Waals surface area contributed by atoms with Gasteiger partial charge in [-0.2, -0.15) is 5.26 Å². The standard InChI is InChI=1S/C26H27N3O2/c1-18(2)28-26(30)23(16-27)15-22-14-19(3)29(20(22)4)24-10-12-25(13-11-24)31-17-21-8-6-5-7-9-21/h5-15,18H,17H2,1-4H3,(H,28,30)/b23-15-. The summed E-state index contributed by atoms with van der Waals surface area (Å²) in [5, 5.41) is 12.2. The second kappa shape index (κ2) is 9.82. The molecule has 1 heterocycles. The van der Waals surface area contributed by atoms with Crippen LogP contribution in [0.1, 0.15) is 36.4 Å². The van der Waals surface area contributed by atoms with Gasteiger partial charge >= 0.3 is 0 Å². The SMILES string of the molecule is Cc1cc(/C=C(/C#N)C(=O)NC(C)C)c(C)n1-c1ccc(OCc2ccccc2)cc1. The van der Waals surface area contributed by atoms with Gasteiger partial charge in [-0.3, -0.25) is 4.79 Å². The molecule has 0 saturated carbocycles. The van der Waals surface area contributed by atoms with Gasteiger partial charge in [-0.25, -0.2) is 0 Å². The number of carbonyl (C=O) groups is 1. The van der Waals surface area contributed by atoms with Gasteiger partial charge in [-0.05, 0) is 75.2 Å². The highest BCUT2D eigenvalue weighted by Crippen LogP contribution is 2.24. The minimum absolute atomic E-state index is 0.0284. The summed E-state index contributed by atoms with van der Waals surface area (Å²) in [7, 11) is 0. The first-order chi connectivity index (χ1) is 14.9. The third kappa shape index (κ3) is 5.43. The van der Waals surface area contributed by atoms with Crippen molar-refractivity contribution in [1.29, 1.82) is 5.26 Å². The predicted octanol–water partition coefficient (Wildman–Crippen LogP) is 5.10. The molecule has 0 aliphatic rings. The van der Waals surface area contributed by atoms with Crippen LogP contribution in [0.4, 0.5) is 0 Å². The fourth-order valence-corrected chi connectivity index (χ4v) is 3.41. The molecular weight excluding hydrogens is 386 g/mol. The van der Waals surface area contributed by atoms with Gasteiger partial charge in [-0.1, -0.05) is 30.3 Å². The van der Waals surface area contributed by atoms with Gasteiger partial charge in [-0.15, -0.1) is 0 Å². The molecule has 0 unspecified atom stereocenters. The number of hydrogen-bond donors (Lipinski definition) is 1. The first-order valence-corrected chi connectivity index (χ1v) is 10.3. The maximum atomic E-state index is 12.2. The first-order valence-electron chi connectivity index (χ1n) is 10.3.